The van der Waals surface area contributed by atoms with Gasteiger partial charge in [-0.2, -0.15) is 0 Å². The van der Waals surface area contributed by atoms with Gasteiger partial charge in [-0.1, -0.05) is 31.4 Å². The van der Waals surface area contributed by atoms with Crippen molar-refractivity contribution in [1.29, 1.82) is 0 Å². The summed E-state index contributed by atoms with van der Waals surface area (Å²) >= 11 is 0. The highest BCUT2D eigenvalue weighted by Crippen LogP contribution is 2.01. The van der Waals surface area contributed by atoms with E-state index in [2.05, 4.69) is 19.7 Å². The Bertz CT molecular complexity index is 107. The molecule has 0 aromatic rings. The lowest BCUT2D eigenvalue weighted by Gasteiger charge is -1.90. The molecule has 38 valence electrons. The van der Waals surface area contributed by atoms with Gasteiger partial charge in [0.2, 0.25) is 0 Å². The number of hydrogen-bond acceptors (Lipinski definition) is 0. The van der Waals surface area contributed by atoms with Crippen LogP contribution in [0.15, 0.2) is 37.0 Å². The summed E-state index contributed by atoms with van der Waals surface area (Å²) in [7, 11) is 0. The molecular weight excluding hydrogens is 84.1 g/mol. The fraction of sp³-hybridized carbons (Fsp3) is 0.143. The summed E-state index contributed by atoms with van der Waals surface area (Å²) in [6.45, 7) is 12.7. The Morgan fingerprint density at radius 3 is 1.86 bits per heavy atom. The number of hydrogen-bond donors (Lipinski definition) is 0. The zero-order valence-corrected chi connectivity index (χ0v) is 4.70. The topological polar surface area (TPSA) is 0 Å². The highest BCUT2D eigenvalue weighted by atomic mass is 13.9. The molecule has 0 saturated heterocycles. The molecule has 0 aromatic carbocycles. The summed E-state index contributed by atoms with van der Waals surface area (Å²) in [4.78, 5) is 0. The van der Waals surface area contributed by atoms with Crippen LogP contribution < -0.4 is 0 Å². The van der Waals surface area contributed by atoms with E-state index in [1.165, 1.54) is 0 Å². The molecule has 0 N–H and O–H groups in total. The molecule has 0 atom stereocenters. The summed E-state index contributed by atoms with van der Waals surface area (Å²) in [6.07, 6.45) is 1.70. The molecule has 0 amide bonds. The standard InChI is InChI=1S/C7H10/c1-5-7(4)6(2)3/h5H,1-2,4H2,3H3. The fourth-order valence-electron chi connectivity index (χ4n) is 0.174. The molecule has 0 aliphatic carbocycles. The lowest BCUT2D eigenvalue weighted by Crippen LogP contribution is -1.70. The van der Waals surface area contributed by atoms with E-state index in [-0.39, 0.29) is 0 Å². The van der Waals surface area contributed by atoms with Crippen molar-refractivity contribution in [3.8, 4) is 0 Å². The van der Waals surface area contributed by atoms with Gasteiger partial charge in [-0.3, -0.25) is 0 Å². The van der Waals surface area contributed by atoms with E-state index < -0.39 is 0 Å². The Labute approximate surface area is 44.9 Å². The fourth-order valence-corrected chi connectivity index (χ4v) is 0.174. The molecule has 0 aliphatic rings. The van der Waals surface area contributed by atoms with Crippen LogP contribution in [0.2, 0.25) is 0 Å². The van der Waals surface area contributed by atoms with Crippen molar-refractivity contribution in [2.24, 2.45) is 0 Å². The highest BCUT2D eigenvalue weighted by Gasteiger charge is 1.81. The number of allylic oxidation sites excluding steroid dienone is 3. The Balaban J connectivity index is 3.81. The van der Waals surface area contributed by atoms with Gasteiger partial charge in [0.25, 0.3) is 0 Å². The van der Waals surface area contributed by atoms with Crippen LogP contribution in [0.25, 0.3) is 0 Å². The average molecular weight is 94.2 g/mol. The van der Waals surface area contributed by atoms with E-state index in [0.29, 0.717) is 0 Å². The lowest BCUT2D eigenvalue weighted by molar-refractivity contribution is 1.48. The second kappa shape index (κ2) is 2.40. The van der Waals surface area contributed by atoms with Crippen LogP contribution >= 0.6 is 0 Å². The summed E-state index contributed by atoms with van der Waals surface area (Å²) < 4.78 is 0. The van der Waals surface area contributed by atoms with Crippen LogP contribution in [0, 0.1) is 0 Å². The van der Waals surface area contributed by atoms with Crippen LogP contribution in [-0.4, -0.2) is 0 Å². The molecule has 0 bridgehead atoms. The smallest absolute Gasteiger partial charge is 0.0311 e. The van der Waals surface area contributed by atoms with E-state index >= 15 is 0 Å². The summed E-state index contributed by atoms with van der Waals surface area (Å²) in [5.41, 5.74) is 1.90. The van der Waals surface area contributed by atoms with Gasteiger partial charge in [-0.25, -0.2) is 0 Å². The van der Waals surface area contributed by atoms with Crippen molar-refractivity contribution >= 4 is 0 Å². The Morgan fingerprint density at radius 1 is 1.43 bits per heavy atom. The molecule has 0 spiro atoms. The van der Waals surface area contributed by atoms with Gasteiger partial charge in [-0.15, -0.1) is 0 Å². The molecule has 0 fully saturated rings. The third-order valence-electron chi connectivity index (χ3n) is 0.795. The van der Waals surface area contributed by atoms with Gasteiger partial charge in [0, 0.05) is 0 Å². The van der Waals surface area contributed by atoms with Crippen LogP contribution in [0.4, 0.5) is 0 Å². The zero-order valence-electron chi connectivity index (χ0n) is 4.70. The average Bonchev–Trinajstić information content (AvgIpc) is 1.65. The Morgan fingerprint density at radius 2 is 1.86 bits per heavy atom. The normalized spacial score (nSPS) is 7.57. The largest absolute Gasteiger partial charge is 0.0985 e. The maximum Gasteiger partial charge on any atom is -0.0311 e. The molecule has 0 nitrogen and oxygen atoms in total. The van der Waals surface area contributed by atoms with Crippen molar-refractivity contribution in [1.82, 2.24) is 0 Å². The molecule has 0 unspecified atom stereocenters. The van der Waals surface area contributed by atoms with Gasteiger partial charge in [-0.05, 0) is 12.5 Å². The van der Waals surface area contributed by atoms with Crippen molar-refractivity contribution in [3.05, 3.63) is 37.0 Å². The lowest BCUT2D eigenvalue weighted by atomic mass is 10.2. The Hall–Kier alpha value is -0.780. The molecule has 0 heterocycles. The summed E-state index contributed by atoms with van der Waals surface area (Å²) in [5.74, 6) is 0. The first-order valence-corrected chi connectivity index (χ1v) is 2.15. The van der Waals surface area contributed by atoms with Crippen LogP contribution in [-0.2, 0) is 0 Å². The Kier molecular flexibility index (Phi) is 2.14. The third kappa shape index (κ3) is 1.99. The van der Waals surface area contributed by atoms with Crippen molar-refractivity contribution < 1.29 is 0 Å². The molecule has 7 heavy (non-hydrogen) atoms. The second-order valence-electron chi connectivity index (χ2n) is 1.51. The first kappa shape index (κ1) is 6.22. The monoisotopic (exact) mass is 94.1 g/mol. The van der Waals surface area contributed by atoms with Gasteiger partial charge in [0.15, 0.2) is 0 Å². The van der Waals surface area contributed by atoms with E-state index in [1.807, 2.05) is 6.92 Å². The van der Waals surface area contributed by atoms with Crippen molar-refractivity contribution in [2.75, 3.05) is 0 Å². The minimum Gasteiger partial charge on any atom is -0.0985 e. The van der Waals surface area contributed by atoms with Gasteiger partial charge in [0.1, 0.15) is 0 Å². The maximum atomic E-state index is 3.66. The van der Waals surface area contributed by atoms with Crippen LogP contribution in [0.3, 0.4) is 0 Å². The quantitative estimate of drug-likeness (QED) is 0.460. The molecule has 0 aromatic heterocycles. The van der Waals surface area contributed by atoms with E-state index in [1.54, 1.807) is 6.08 Å². The van der Waals surface area contributed by atoms with Crippen LogP contribution in [0.1, 0.15) is 6.92 Å². The van der Waals surface area contributed by atoms with E-state index in [9.17, 15) is 0 Å². The molecule has 0 aliphatic heterocycles. The molecule has 0 radical (unpaired) electrons. The minimum atomic E-state index is 0.917. The summed E-state index contributed by atoms with van der Waals surface area (Å²) in [5, 5.41) is 0. The van der Waals surface area contributed by atoms with Gasteiger partial charge < -0.3 is 0 Å². The van der Waals surface area contributed by atoms with Gasteiger partial charge in [0.05, 0.1) is 0 Å². The molecular formula is C7H10. The number of rotatable bonds is 2. The maximum absolute atomic E-state index is 3.66. The predicted octanol–water partition coefficient (Wildman–Crippen LogP) is 2.30. The molecule has 0 saturated carbocycles. The summed E-state index contributed by atoms with van der Waals surface area (Å²) in [6, 6.07) is 0. The predicted molar refractivity (Wildman–Crippen MR) is 34.2 cm³/mol. The SMILES string of the molecule is C=CC(=C)C(=C)C. The van der Waals surface area contributed by atoms with Crippen LogP contribution in [0.5, 0.6) is 0 Å². The molecule has 0 rings (SSSR count). The van der Waals surface area contributed by atoms with Gasteiger partial charge >= 0.3 is 0 Å². The first-order valence-electron chi connectivity index (χ1n) is 2.15. The van der Waals surface area contributed by atoms with E-state index in [0.717, 1.165) is 11.1 Å². The molecule has 0 heteroatoms. The zero-order chi connectivity index (χ0) is 5.86. The second-order valence-corrected chi connectivity index (χ2v) is 1.51. The first-order chi connectivity index (χ1) is 3.18. The van der Waals surface area contributed by atoms with Crippen molar-refractivity contribution in [2.45, 2.75) is 6.92 Å². The highest BCUT2D eigenvalue weighted by molar-refractivity contribution is 5.31. The third-order valence-corrected chi connectivity index (χ3v) is 0.795. The minimum absolute atomic E-state index is 0.917. The van der Waals surface area contributed by atoms with Crippen molar-refractivity contribution in [3.63, 3.8) is 0 Å². The van der Waals surface area contributed by atoms with E-state index in [4.69, 9.17) is 0 Å².